The summed E-state index contributed by atoms with van der Waals surface area (Å²) in [6, 6.07) is 16.9. The normalized spacial score (nSPS) is 12.5. The highest BCUT2D eigenvalue weighted by Crippen LogP contribution is 2.18. The number of benzene rings is 2. The third-order valence-electron chi connectivity index (χ3n) is 5.37. The summed E-state index contributed by atoms with van der Waals surface area (Å²) in [5.74, 6) is 0.798. The summed E-state index contributed by atoms with van der Waals surface area (Å²) in [7, 11) is 9.51. The van der Waals surface area contributed by atoms with Crippen molar-refractivity contribution in [3.63, 3.8) is 0 Å². The van der Waals surface area contributed by atoms with Crippen molar-refractivity contribution in [1.82, 2.24) is 20.4 Å². The highest BCUT2D eigenvalue weighted by atomic mass is 16.2. The van der Waals surface area contributed by atoms with Crippen LogP contribution in [0.25, 0.3) is 0 Å². The fraction of sp³-hybridized carbons (Fsp3) is 0.440. The monoisotopic (exact) mass is 423 g/mol. The van der Waals surface area contributed by atoms with E-state index in [0.717, 1.165) is 37.5 Å². The van der Waals surface area contributed by atoms with Crippen LogP contribution in [-0.2, 0) is 12.8 Å². The summed E-state index contributed by atoms with van der Waals surface area (Å²) in [6.45, 7) is 3.66. The van der Waals surface area contributed by atoms with Crippen LogP contribution < -0.4 is 10.6 Å². The number of nitrogens with zero attached hydrogens (tertiary/aromatic N) is 3. The second-order valence-corrected chi connectivity index (χ2v) is 8.10. The molecule has 31 heavy (non-hydrogen) atoms. The molecule has 6 nitrogen and oxygen atoms in total. The Morgan fingerprint density at radius 3 is 2.29 bits per heavy atom. The maximum atomic E-state index is 12.2. The number of aliphatic imine (C=N–C) groups is 1. The average molecular weight is 424 g/mol. The summed E-state index contributed by atoms with van der Waals surface area (Å²) < 4.78 is 0. The van der Waals surface area contributed by atoms with Crippen LogP contribution in [0.5, 0.6) is 0 Å². The van der Waals surface area contributed by atoms with Crippen molar-refractivity contribution < 1.29 is 4.79 Å². The van der Waals surface area contributed by atoms with E-state index < -0.39 is 0 Å². The Balaban J connectivity index is 1.90. The lowest BCUT2D eigenvalue weighted by Crippen LogP contribution is -2.42. The van der Waals surface area contributed by atoms with Crippen LogP contribution in [0.3, 0.4) is 0 Å². The highest BCUT2D eigenvalue weighted by Gasteiger charge is 2.15. The van der Waals surface area contributed by atoms with Crippen LogP contribution in [-0.4, -0.2) is 70.0 Å². The molecule has 0 fully saturated rings. The number of guanidine groups is 1. The first-order valence-corrected chi connectivity index (χ1v) is 10.9. The molecule has 0 radical (unpaired) electrons. The second kappa shape index (κ2) is 12.1. The molecule has 0 spiro atoms. The molecule has 0 aliphatic heterocycles. The number of nitrogens with one attached hydrogen (secondary N) is 2. The standard InChI is InChI=1S/C25H37N5O/c1-7-19-11-13-21(14-12-19)23(29(3)4)18-28-25(26-2)27-16-15-20-9-8-10-22(17-20)24(31)30(5)6/h8-14,17,23H,7,15-16,18H2,1-6H3,(H2,26,27,28). The van der Waals surface area contributed by atoms with Crippen molar-refractivity contribution in [2.24, 2.45) is 4.99 Å². The van der Waals surface area contributed by atoms with Gasteiger partial charge in [0.15, 0.2) is 5.96 Å². The first kappa shape index (κ1) is 24.4. The van der Waals surface area contributed by atoms with Gasteiger partial charge < -0.3 is 20.4 Å². The minimum atomic E-state index is 0.0222. The molecule has 0 aromatic heterocycles. The zero-order chi connectivity index (χ0) is 22.8. The Morgan fingerprint density at radius 1 is 1.00 bits per heavy atom. The average Bonchev–Trinajstić information content (AvgIpc) is 2.77. The molecule has 6 heteroatoms. The van der Waals surface area contributed by atoms with Gasteiger partial charge in [0.25, 0.3) is 5.91 Å². The lowest BCUT2D eigenvalue weighted by atomic mass is 10.0. The summed E-state index contributed by atoms with van der Waals surface area (Å²) in [5.41, 5.74) is 4.47. The Hall–Kier alpha value is -2.86. The van der Waals surface area contributed by atoms with Crippen molar-refractivity contribution in [2.45, 2.75) is 25.8 Å². The van der Waals surface area contributed by atoms with Crippen LogP contribution in [0.15, 0.2) is 53.5 Å². The van der Waals surface area contributed by atoms with Crippen LogP contribution in [0.4, 0.5) is 0 Å². The minimum Gasteiger partial charge on any atom is -0.356 e. The van der Waals surface area contributed by atoms with Crippen molar-refractivity contribution >= 4 is 11.9 Å². The highest BCUT2D eigenvalue weighted by molar-refractivity contribution is 5.94. The van der Waals surface area contributed by atoms with Crippen LogP contribution in [0, 0.1) is 0 Å². The number of rotatable bonds is 9. The largest absolute Gasteiger partial charge is 0.356 e. The molecule has 1 unspecified atom stereocenters. The molecule has 1 amide bonds. The topological polar surface area (TPSA) is 60.0 Å². The van der Waals surface area contributed by atoms with Gasteiger partial charge in [0, 0.05) is 39.8 Å². The van der Waals surface area contributed by atoms with Gasteiger partial charge in [-0.3, -0.25) is 9.79 Å². The smallest absolute Gasteiger partial charge is 0.253 e. The second-order valence-electron chi connectivity index (χ2n) is 8.10. The van der Waals surface area contributed by atoms with Crippen LogP contribution in [0.2, 0.25) is 0 Å². The summed E-state index contributed by atoms with van der Waals surface area (Å²) >= 11 is 0. The van der Waals surface area contributed by atoms with Gasteiger partial charge in [0.2, 0.25) is 0 Å². The molecule has 0 aliphatic carbocycles. The zero-order valence-electron chi connectivity index (χ0n) is 19.8. The zero-order valence-corrected chi connectivity index (χ0v) is 19.8. The van der Waals surface area contributed by atoms with E-state index in [9.17, 15) is 4.79 Å². The number of amides is 1. The van der Waals surface area contributed by atoms with E-state index >= 15 is 0 Å². The third kappa shape index (κ3) is 7.40. The van der Waals surface area contributed by atoms with E-state index in [4.69, 9.17) is 0 Å². The molecule has 2 N–H and O–H groups in total. The van der Waals surface area contributed by atoms with Crippen molar-refractivity contribution in [3.8, 4) is 0 Å². The van der Waals surface area contributed by atoms with Gasteiger partial charge in [-0.15, -0.1) is 0 Å². The SMILES string of the molecule is CCc1ccc(C(CNC(=NC)NCCc2cccc(C(=O)N(C)C)c2)N(C)C)cc1. The van der Waals surface area contributed by atoms with Crippen molar-refractivity contribution in [1.29, 1.82) is 0 Å². The van der Waals surface area contributed by atoms with E-state index in [0.29, 0.717) is 5.56 Å². The van der Waals surface area contributed by atoms with E-state index in [-0.39, 0.29) is 11.9 Å². The Labute approximate surface area is 187 Å². The van der Waals surface area contributed by atoms with E-state index in [1.54, 1.807) is 26.0 Å². The number of aryl methyl sites for hydroxylation is 1. The van der Waals surface area contributed by atoms with Gasteiger partial charge in [-0.05, 0) is 55.8 Å². The van der Waals surface area contributed by atoms with Gasteiger partial charge in [0.05, 0.1) is 6.04 Å². The first-order chi connectivity index (χ1) is 14.8. The summed E-state index contributed by atoms with van der Waals surface area (Å²) in [4.78, 5) is 20.3. The number of hydrogen-bond donors (Lipinski definition) is 2. The Bertz CT molecular complexity index is 858. The predicted octanol–water partition coefficient (Wildman–Crippen LogP) is 2.96. The minimum absolute atomic E-state index is 0.0222. The summed E-state index contributed by atoms with van der Waals surface area (Å²) in [5, 5.41) is 6.82. The lowest BCUT2D eigenvalue weighted by molar-refractivity contribution is 0.0827. The molecule has 1 atom stereocenters. The number of likely N-dealkylation sites (N-methyl/N-ethyl adjacent to an activating group) is 1. The van der Waals surface area contributed by atoms with E-state index in [1.165, 1.54) is 11.1 Å². The molecule has 0 saturated carbocycles. The molecule has 0 saturated heterocycles. The number of hydrogen-bond acceptors (Lipinski definition) is 3. The maximum absolute atomic E-state index is 12.2. The van der Waals surface area contributed by atoms with Crippen LogP contribution >= 0.6 is 0 Å². The fourth-order valence-corrected chi connectivity index (χ4v) is 3.43. The van der Waals surface area contributed by atoms with E-state index in [1.807, 2.05) is 24.3 Å². The predicted molar refractivity (Wildman–Crippen MR) is 130 cm³/mol. The van der Waals surface area contributed by atoms with E-state index in [2.05, 4.69) is 65.8 Å². The third-order valence-corrected chi connectivity index (χ3v) is 5.37. The molecule has 0 aliphatic rings. The Kier molecular flexibility index (Phi) is 9.53. The van der Waals surface area contributed by atoms with Gasteiger partial charge in [-0.1, -0.05) is 43.3 Å². The number of carbonyl (C=O) groups excluding carboxylic acids is 1. The fourth-order valence-electron chi connectivity index (χ4n) is 3.43. The molecule has 168 valence electrons. The quantitative estimate of drug-likeness (QED) is 0.481. The van der Waals surface area contributed by atoms with Gasteiger partial charge in [-0.25, -0.2) is 0 Å². The summed E-state index contributed by atoms with van der Waals surface area (Å²) in [6.07, 6.45) is 1.86. The molecule has 2 rings (SSSR count). The van der Waals surface area contributed by atoms with Gasteiger partial charge >= 0.3 is 0 Å². The van der Waals surface area contributed by atoms with Crippen molar-refractivity contribution in [2.75, 3.05) is 48.3 Å². The van der Waals surface area contributed by atoms with Crippen LogP contribution in [0.1, 0.15) is 40.0 Å². The maximum Gasteiger partial charge on any atom is 0.253 e. The van der Waals surface area contributed by atoms with Crippen molar-refractivity contribution in [3.05, 3.63) is 70.8 Å². The molecule has 0 heterocycles. The first-order valence-electron chi connectivity index (χ1n) is 10.9. The molecular formula is C25H37N5O. The van der Waals surface area contributed by atoms with Gasteiger partial charge in [0.1, 0.15) is 0 Å². The molecule has 2 aromatic carbocycles. The molecule has 2 aromatic rings. The van der Waals surface area contributed by atoms with Gasteiger partial charge in [-0.2, -0.15) is 0 Å². The molecular weight excluding hydrogens is 386 g/mol. The number of carbonyl (C=O) groups is 1. The molecule has 0 bridgehead atoms. The lowest BCUT2D eigenvalue weighted by Gasteiger charge is -2.26. The Morgan fingerprint density at radius 2 is 1.71 bits per heavy atom.